The van der Waals surface area contributed by atoms with Crippen molar-refractivity contribution in [2.24, 2.45) is 5.92 Å². The lowest BCUT2D eigenvalue weighted by atomic mass is 9.93. The first-order valence-corrected chi connectivity index (χ1v) is 9.08. The van der Waals surface area contributed by atoms with E-state index in [-0.39, 0.29) is 12.5 Å². The van der Waals surface area contributed by atoms with Crippen LogP contribution < -0.4 is 0 Å². The molecule has 1 saturated heterocycles. The van der Waals surface area contributed by atoms with Crippen LogP contribution in [0.15, 0.2) is 60.7 Å². The number of hydrogen-bond acceptors (Lipinski definition) is 3. The third kappa shape index (κ3) is 5.07. The van der Waals surface area contributed by atoms with Crippen LogP contribution in [0, 0.1) is 5.92 Å². The molecule has 0 spiro atoms. The van der Waals surface area contributed by atoms with Crippen molar-refractivity contribution in [3.05, 3.63) is 71.8 Å². The Labute approximate surface area is 154 Å². The fraction of sp³-hybridized carbons (Fsp3) is 0.381. The maximum Gasteiger partial charge on any atom is 0.407 e. The number of nitrogens with zero attached hydrogens (tertiary/aromatic N) is 2. The fourth-order valence-electron chi connectivity index (χ4n) is 3.57. The molecule has 26 heavy (non-hydrogen) atoms. The molecule has 1 fully saturated rings. The molecule has 5 heteroatoms. The highest BCUT2D eigenvalue weighted by Crippen LogP contribution is 2.21. The van der Waals surface area contributed by atoms with E-state index < -0.39 is 12.2 Å². The molecule has 3 rings (SSSR count). The third-order valence-electron chi connectivity index (χ3n) is 4.98. The second-order valence-corrected chi connectivity index (χ2v) is 6.99. The molecule has 1 aliphatic heterocycles. The SMILES string of the molecule is O=C(O)N1CC[C@@H](CN(Cc2ccccc2)Cc2ccccc2)[C@H](O)C1. The van der Waals surface area contributed by atoms with Crippen LogP contribution in [0.3, 0.4) is 0 Å². The van der Waals surface area contributed by atoms with Crippen molar-refractivity contribution in [3.8, 4) is 0 Å². The number of benzene rings is 2. The van der Waals surface area contributed by atoms with E-state index in [2.05, 4.69) is 29.2 Å². The number of hydrogen-bond donors (Lipinski definition) is 2. The quantitative estimate of drug-likeness (QED) is 0.837. The fourth-order valence-corrected chi connectivity index (χ4v) is 3.57. The number of aliphatic hydroxyl groups is 1. The van der Waals surface area contributed by atoms with Crippen LogP contribution >= 0.6 is 0 Å². The molecule has 5 nitrogen and oxygen atoms in total. The molecule has 138 valence electrons. The highest BCUT2D eigenvalue weighted by atomic mass is 16.4. The highest BCUT2D eigenvalue weighted by Gasteiger charge is 2.31. The average Bonchev–Trinajstić information content (AvgIpc) is 2.65. The number of aliphatic hydroxyl groups excluding tert-OH is 1. The predicted molar refractivity (Wildman–Crippen MR) is 101 cm³/mol. The third-order valence-corrected chi connectivity index (χ3v) is 4.98. The van der Waals surface area contributed by atoms with E-state index in [4.69, 9.17) is 5.11 Å². The number of amides is 1. The molecule has 1 aliphatic rings. The Kier molecular flexibility index (Phi) is 6.26. The average molecular weight is 354 g/mol. The number of β-amino-alcohol motifs (C(OH)–C–C–N with tert-alkyl or cyclic N) is 1. The molecule has 2 aromatic rings. The van der Waals surface area contributed by atoms with Crippen molar-refractivity contribution in [1.29, 1.82) is 0 Å². The van der Waals surface area contributed by atoms with Gasteiger partial charge in [0.2, 0.25) is 0 Å². The monoisotopic (exact) mass is 354 g/mol. The van der Waals surface area contributed by atoms with Crippen molar-refractivity contribution < 1.29 is 15.0 Å². The van der Waals surface area contributed by atoms with E-state index in [9.17, 15) is 9.90 Å². The summed E-state index contributed by atoms with van der Waals surface area (Å²) in [5.41, 5.74) is 2.47. The molecular weight excluding hydrogens is 328 g/mol. The normalized spacial score (nSPS) is 20.3. The maximum absolute atomic E-state index is 11.1. The summed E-state index contributed by atoms with van der Waals surface area (Å²) in [6, 6.07) is 20.6. The molecule has 2 N–H and O–H groups in total. The highest BCUT2D eigenvalue weighted by molar-refractivity contribution is 5.65. The molecule has 0 saturated carbocycles. The number of carboxylic acid groups (broad SMARTS) is 1. The van der Waals surface area contributed by atoms with Crippen LogP contribution in [0.4, 0.5) is 4.79 Å². The lowest BCUT2D eigenvalue weighted by Crippen LogP contribution is -2.49. The summed E-state index contributed by atoms with van der Waals surface area (Å²) in [6.45, 7) is 3.05. The maximum atomic E-state index is 11.1. The van der Waals surface area contributed by atoms with E-state index >= 15 is 0 Å². The van der Waals surface area contributed by atoms with Gasteiger partial charge in [-0.2, -0.15) is 0 Å². The minimum absolute atomic E-state index is 0.0815. The Bertz CT molecular complexity index is 651. The van der Waals surface area contributed by atoms with Crippen molar-refractivity contribution in [2.45, 2.75) is 25.6 Å². The Balaban J connectivity index is 1.68. The Morgan fingerprint density at radius 3 is 2.00 bits per heavy atom. The molecular formula is C21H26N2O3. The Morgan fingerprint density at radius 2 is 1.54 bits per heavy atom. The molecule has 0 aliphatic carbocycles. The summed E-state index contributed by atoms with van der Waals surface area (Å²) in [4.78, 5) is 14.8. The van der Waals surface area contributed by atoms with Crippen LogP contribution in [-0.2, 0) is 13.1 Å². The van der Waals surface area contributed by atoms with Gasteiger partial charge in [-0.05, 0) is 17.5 Å². The van der Waals surface area contributed by atoms with Crippen LogP contribution in [0.5, 0.6) is 0 Å². The van der Waals surface area contributed by atoms with Crippen LogP contribution in [0.25, 0.3) is 0 Å². The smallest absolute Gasteiger partial charge is 0.407 e. The Morgan fingerprint density at radius 1 is 1.00 bits per heavy atom. The second kappa shape index (κ2) is 8.83. The molecule has 2 aromatic carbocycles. The summed E-state index contributed by atoms with van der Waals surface area (Å²) < 4.78 is 0. The first-order chi connectivity index (χ1) is 12.6. The Hall–Kier alpha value is -2.37. The largest absolute Gasteiger partial charge is 0.465 e. The summed E-state index contributed by atoms with van der Waals surface area (Å²) in [7, 11) is 0. The lowest BCUT2D eigenvalue weighted by Gasteiger charge is -2.37. The first kappa shape index (κ1) is 18.4. The van der Waals surface area contributed by atoms with Crippen LogP contribution in [-0.4, -0.2) is 51.8 Å². The molecule has 2 atom stereocenters. The van der Waals surface area contributed by atoms with Crippen LogP contribution in [0.2, 0.25) is 0 Å². The zero-order valence-electron chi connectivity index (χ0n) is 14.9. The zero-order chi connectivity index (χ0) is 18.4. The molecule has 1 amide bonds. The number of carbonyl (C=O) groups is 1. The standard InChI is InChI=1S/C21H26N2O3/c24-20-16-23(21(25)26)12-11-19(20)15-22(13-17-7-3-1-4-8-17)14-18-9-5-2-6-10-18/h1-10,19-20,24H,11-16H2,(H,25,26)/t19-,20+/m0/s1. The molecule has 1 heterocycles. The summed E-state index contributed by atoms with van der Waals surface area (Å²) in [5, 5.41) is 19.6. The van der Waals surface area contributed by atoms with Gasteiger partial charge < -0.3 is 15.1 Å². The van der Waals surface area contributed by atoms with Gasteiger partial charge in [0.25, 0.3) is 0 Å². The topological polar surface area (TPSA) is 64.0 Å². The molecule has 0 radical (unpaired) electrons. The summed E-state index contributed by atoms with van der Waals surface area (Å²) >= 11 is 0. The predicted octanol–water partition coefficient (Wildman–Crippen LogP) is 3.05. The van der Waals surface area contributed by atoms with E-state index in [1.54, 1.807) is 0 Å². The van der Waals surface area contributed by atoms with Gasteiger partial charge in [0.15, 0.2) is 0 Å². The lowest BCUT2D eigenvalue weighted by molar-refractivity contribution is 0.00811. The zero-order valence-corrected chi connectivity index (χ0v) is 14.9. The van der Waals surface area contributed by atoms with E-state index in [0.29, 0.717) is 13.0 Å². The molecule has 0 unspecified atom stereocenters. The number of rotatable bonds is 6. The van der Waals surface area contributed by atoms with Crippen molar-refractivity contribution in [3.63, 3.8) is 0 Å². The van der Waals surface area contributed by atoms with Crippen molar-refractivity contribution in [1.82, 2.24) is 9.80 Å². The summed E-state index contributed by atoms with van der Waals surface area (Å²) in [5.74, 6) is 0.0815. The van der Waals surface area contributed by atoms with Crippen molar-refractivity contribution in [2.75, 3.05) is 19.6 Å². The minimum atomic E-state index is -0.951. The van der Waals surface area contributed by atoms with E-state index in [1.165, 1.54) is 16.0 Å². The van der Waals surface area contributed by atoms with Gasteiger partial charge in [0.1, 0.15) is 0 Å². The number of likely N-dealkylation sites (tertiary alicyclic amines) is 1. The van der Waals surface area contributed by atoms with E-state index in [1.807, 2.05) is 36.4 Å². The second-order valence-electron chi connectivity index (χ2n) is 6.99. The van der Waals surface area contributed by atoms with Gasteiger partial charge in [0.05, 0.1) is 12.6 Å². The van der Waals surface area contributed by atoms with Crippen molar-refractivity contribution >= 4 is 6.09 Å². The van der Waals surface area contributed by atoms with Gasteiger partial charge >= 0.3 is 6.09 Å². The van der Waals surface area contributed by atoms with E-state index in [0.717, 1.165) is 19.6 Å². The first-order valence-electron chi connectivity index (χ1n) is 9.08. The van der Waals surface area contributed by atoms with Gasteiger partial charge in [-0.25, -0.2) is 4.79 Å². The summed E-state index contributed by atoms with van der Waals surface area (Å²) in [6.07, 6.45) is -0.880. The number of piperidine rings is 1. The molecule has 0 bridgehead atoms. The minimum Gasteiger partial charge on any atom is -0.465 e. The van der Waals surface area contributed by atoms with Gasteiger partial charge in [0, 0.05) is 32.1 Å². The van der Waals surface area contributed by atoms with Gasteiger partial charge in [-0.3, -0.25) is 4.90 Å². The van der Waals surface area contributed by atoms with Gasteiger partial charge in [-0.1, -0.05) is 60.7 Å². The molecule has 0 aromatic heterocycles. The van der Waals surface area contributed by atoms with Crippen LogP contribution in [0.1, 0.15) is 17.5 Å². The van der Waals surface area contributed by atoms with Gasteiger partial charge in [-0.15, -0.1) is 0 Å².